The predicted octanol–water partition coefficient (Wildman–Crippen LogP) is -0.781. The summed E-state index contributed by atoms with van der Waals surface area (Å²) in [6.07, 6.45) is 0. The number of carbonyl (C=O) groups excluding carboxylic acids is 3. The van der Waals surface area contributed by atoms with Crippen LogP contribution in [0.1, 0.15) is 17.3 Å². The summed E-state index contributed by atoms with van der Waals surface area (Å²) in [5.74, 6) is -0.842. The second-order valence-electron chi connectivity index (χ2n) is 5.85. The number of benzene rings is 1. The molecule has 0 spiro atoms. The summed E-state index contributed by atoms with van der Waals surface area (Å²) in [4.78, 5) is 36.0. The van der Waals surface area contributed by atoms with E-state index in [1.54, 1.807) is 0 Å². The molecule has 0 bridgehead atoms. The first kappa shape index (κ1) is 23.0. The van der Waals surface area contributed by atoms with Crippen LogP contribution in [0, 0.1) is 0 Å². The summed E-state index contributed by atoms with van der Waals surface area (Å²) in [7, 11) is -3.69. The summed E-state index contributed by atoms with van der Waals surface area (Å²) in [6, 6.07) is 5.78. The normalized spacial score (nSPS) is 15.0. The van der Waals surface area contributed by atoms with Gasteiger partial charge in [0.15, 0.2) is 5.78 Å². The zero-order valence-corrected chi connectivity index (χ0v) is 16.5. The fourth-order valence-electron chi connectivity index (χ4n) is 2.55. The van der Waals surface area contributed by atoms with Crippen molar-refractivity contribution in [2.24, 2.45) is 5.73 Å². The summed E-state index contributed by atoms with van der Waals surface area (Å²) < 4.78 is 26.6. The molecule has 0 radical (unpaired) electrons. The highest BCUT2D eigenvalue weighted by atomic mass is 35.5. The van der Waals surface area contributed by atoms with Crippen LogP contribution in [-0.2, 0) is 19.6 Å². The minimum Gasteiger partial charge on any atom is -0.346 e. The van der Waals surface area contributed by atoms with Crippen LogP contribution in [0.4, 0.5) is 0 Å². The summed E-state index contributed by atoms with van der Waals surface area (Å²) in [6.45, 7) is 1.86. The molecule has 1 heterocycles. The lowest BCUT2D eigenvalue weighted by atomic mass is 10.2. The molecule has 11 heteroatoms. The Hall–Kier alpha value is -2.01. The number of carbonyl (C=O) groups is 3. The van der Waals surface area contributed by atoms with Gasteiger partial charge in [-0.05, 0) is 19.1 Å². The zero-order valence-electron chi connectivity index (χ0n) is 14.9. The number of nitrogens with zero attached hydrogens (tertiary/aromatic N) is 2. The molecule has 3 N–H and O–H groups in total. The van der Waals surface area contributed by atoms with E-state index in [2.05, 4.69) is 5.32 Å². The van der Waals surface area contributed by atoms with Gasteiger partial charge in [-0.1, -0.05) is 12.1 Å². The van der Waals surface area contributed by atoms with Crippen molar-refractivity contribution in [2.45, 2.75) is 11.8 Å². The minimum absolute atomic E-state index is 0. The number of piperazine rings is 1. The molecule has 150 valence electrons. The molecule has 1 aliphatic rings. The first-order chi connectivity index (χ1) is 12.3. The quantitative estimate of drug-likeness (QED) is 0.583. The van der Waals surface area contributed by atoms with Crippen LogP contribution in [0.5, 0.6) is 0 Å². The maximum absolute atomic E-state index is 12.7. The van der Waals surface area contributed by atoms with Gasteiger partial charge in [0.25, 0.3) is 0 Å². The molecule has 2 rings (SSSR count). The molecule has 1 aliphatic heterocycles. The number of nitrogens with two attached hydrogens (primary N) is 1. The average molecular weight is 419 g/mol. The molecule has 0 aromatic heterocycles. The number of hydrogen-bond donors (Lipinski definition) is 2. The van der Waals surface area contributed by atoms with Crippen LogP contribution < -0.4 is 11.1 Å². The molecule has 2 amide bonds. The smallest absolute Gasteiger partial charge is 0.243 e. The van der Waals surface area contributed by atoms with Gasteiger partial charge < -0.3 is 16.0 Å². The Labute approximate surface area is 164 Å². The molecule has 0 saturated carbocycles. The van der Waals surface area contributed by atoms with E-state index in [0.717, 1.165) is 0 Å². The third-order valence-electron chi connectivity index (χ3n) is 4.11. The average Bonchev–Trinajstić information content (AvgIpc) is 2.65. The lowest BCUT2D eigenvalue weighted by Crippen LogP contribution is -2.52. The van der Waals surface area contributed by atoms with Gasteiger partial charge >= 0.3 is 0 Å². The standard InChI is InChI=1S/C16H22N4O5S.ClH/c1-12(21)13-2-4-14(5-3-13)26(24,25)20-8-6-19(7-9-20)16(23)11-18-15(22)10-17;/h2-5H,6-11,17H2,1H3,(H,18,22);1H. The fourth-order valence-corrected chi connectivity index (χ4v) is 3.97. The molecule has 0 atom stereocenters. The Balaban J connectivity index is 0.00000364. The van der Waals surface area contributed by atoms with E-state index in [1.165, 1.54) is 40.4 Å². The highest BCUT2D eigenvalue weighted by molar-refractivity contribution is 7.89. The molecule has 1 saturated heterocycles. The molecule has 0 aliphatic carbocycles. The van der Waals surface area contributed by atoms with Crippen molar-refractivity contribution in [2.75, 3.05) is 39.3 Å². The number of amides is 2. The second kappa shape index (κ2) is 9.79. The Bertz CT molecular complexity index is 790. The third kappa shape index (κ3) is 5.73. The minimum atomic E-state index is -3.69. The molecule has 9 nitrogen and oxygen atoms in total. The van der Waals surface area contributed by atoms with Crippen molar-refractivity contribution >= 4 is 40.0 Å². The maximum Gasteiger partial charge on any atom is 0.243 e. The fraction of sp³-hybridized carbons (Fsp3) is 0.438. The van der Waals surface area contributed by atoms with Crippen molar-refractivity contribution in [3.8, 4) is 0 Å². The molecule has 1 aromatic rings. The predicted molar refractivity (Wildman–Crippen MR) is 101 cm³/mol. The van der Waals surface area contributed by atoms with E-state index < -0.39 is 15.9 Å². The number of ketones is 1. The van der Waals surface area contributed by atoms with Gasteiger partial charge in [0.05, 0.1) is 18.0 Å². The van der Waals surface area contributed by atoms with E-state index in [4.69, 9.17) is 5.73 Å². The third-order valence-corrected chi connectivity index (χ3v) is 6.03. The van der Waals surface area contributed by atoms with Crippen LogP contribution in [0.3, 0.4) is 0 Å². The van der Waals surface area contributed by atoms with Gasteiger partial charge in [0.1, 0.15) is 0 Å². The number of hydrogen-bond acceptors (Lipinski definition) is 6. The summed E-state index contributed by atoms with van der Waals surface area (Å²) >= 11 is 0. The molecule has 1 fully saturated rings. The number of rotatable bonds is 6. The van der Waals surface area contributed by atoms with Crippen LogP contribution in [-0.4, -0.2) is 74.5 Å². The Morgan fingerprint density at radius 1 is 1.07 bits per heavy atom. The van der Waals surface area contributed by atoms with E-state index in [9.17, 15) is 22.8 Å². The Kier molecular flexibility index (Phi) is 8.35. The van der Waals surface area contributed by atoms with Crippen LogP contribution >= 0.6 is 12.4 Å². The van der Waals surface area contributed by atoms with Crippen molar-refractivity contribution in [3.63, 3.8) is 0 Å². The van der Waals surface area contributed by atoms with Gasteiger partial charge in [0.2, 0.25) is 21.8 Å². The Morgan fingerprint density at radius 3 is 2.11 bits per heavy atom. The highest BCUT2D eigenvalue weighted by Gasteiger charge is 2.30. The SMILES string of the molecule is CC(=O)c1ccc(S(=O)(=O)N2CCN(C(=O)CNC(=O)CN)CC2)cc1.Cl. The summed E-state index contributed by atoms with van der Waals surface area (Å²) in [5.41, 5.74) is 5.60. The van der Waals surface area contributed by atoms with E-state index in [-0.39, 0.29) is 68.3 Å². The number of halogens is 1. The van der Waals surface area contributed by atoms with Crippen LogP contribution in [0.15, 0.2) is 29.2 Å². The van der Waals surface area contributed by atoms with Crippen molar-refractivity contribution in [3.05, 3.63) is 29.8 Å². The molecule has 0 unspecified atom stereocenters. The van der Waals surface area contributed by atoms with Crippen LogP contribution in [0.2, 0.25) is 0 Å². The largest absolute Gasteiger partial charge is 0.346 e. The van der Waals surface area contributed by atoms with Crippen LogP contribution in [0.25, 0.3) is 0 Å². The number of nitrogens with one attached hydrogen (secondary N) is 1. The first-order valence-electron chi connectivity index (χ1n) is 8.11. The molecule has 27 heavy (non-hydrogen) atoms. The number of Topliss-reactive ketones (excluding diaryl/α,β-unsaturated/α-hetero) is 1. The number of sulfonamides is 1. The highest BCUT2D eigenvalue weighted by Crippen LogP contribution is 2.18. The van der Waals surface area contributed by atoms with E-state index >= 15 is 0 Å². The molecular formula is C16H23ClN4O5S. The van der Waals surface area contributed by atoms with Gasteiger partial charge in [-0.3, -0.25) is 14.4 Å². The lowest BCUT2D eigenvalue weighted by molar-refractivity contribution is -0.133. The molecular weight excluding hydrogens is 396 g/mol. The topological polar surface area (TPSA) is 130 Å². The van der Waals surface area contributed by atoms with Gasteiger partial charge in [0, 0.05) is 31.7 Å². The van der Waals surface area contributed by atoms with Gasteiger partial charge in [-0.2, -0.15) is 4.31 Å². The van der Waals surface area contributed by atoms with E-state index in [1.807, 2.05) is 0 Å². The van der Waals surface area contributed by atoms with Gasteiger partial charge in [-0.25, -0.2) is 8.42 Å². The Morgan fingerprint density at radius 2 is 1.63 bits per heavy atom. The second-order valence-corrected chi connectivity index (χ2v) is 7.78. The zero-order chi connectivity index (χ0) is 19.3. The van der Waals surface area contributed by atoms with Crippen molar-refractivity contribution < 1.29 is 22.8 Å². The maximum atomic E-state index is 12.7. The lowest BCUT2D eigenvalue weighted by Gasteiger charge is -2.34. The van der Waals surface area contributed by atoms with Gasteiger partial charge in [-0.15, -0.1) is 12.4 Å². The summed E-state index contributed by atoms with van der Waals surface area (Å²) in [5, 5.41) is 2.40. The van der Waals surface area contributed by atoms with Crippen molar-refractivity contribution in [1.29, 1.82) is 0 Å². The molecule has 1 aromatic carbocycles. The van der Waals surface area contributed by atoms with E-state index in [0.29, 0.717) is 5.56 Å². The monoisotopic (exact) mass is 418 g/mol. The first-order valence-corrected chi connectivity index (χ1v) is 9.55. The van der Waals surface area contributed by atoms with Crippen molar-refractivity contribution in [1.82, 2.24) is 14.5 Å².